The molecule has 2 aromatic carbocycles. The molecule has 2 aromatic rings. The minimum absolute atomic E-state index is 0.0833. The first-order valence-electron chi connectivity index (χ1n) is 8.91. The second kappa shape index (κ2) is 8.03. The molecule has 1 aliphatic rings. The topological polar surface area (TPSA) is 77.9 Å². The summed E-state index contributed by atoms with van der Waals surface area (Å²) in [7, 11) is 1.50. The second-order valence-electron chi connectivity index (χ2n) is 6.66. The van der Waals surface area contributed by atoms with Gasteiger partial charge in [0.1, 0.15) is 6.04 Å². The van der Waals surface area contributed by atoms with Crippen LogP contribution in [0, 0.1) is 0 Å². The number of carbonyl (C=O) groups excluding carboxylic acids is 2. The van der Waals surface area contributed by atoms with Crippen LogP contribution in [0.4, 0.5) is 5.69 Å². The monoisotopic (exact) mass is 366 g/mol. The van der Waals surface area contributed by atoms with Crippen molar-refractivity contribution < 1.29 is 19.5 Å². The molecule has 1 unspecified atom stereocenters. The minimum atomic E-state index is -1.05. The van der Waals surface area contributed by atoms with E-state index in [0.29, 0.717) is 18.5 Å². The number of hydrogen-bond acceptors (Lipinski definition) is 3. The van der Waals surface area contributed by atoms with Crippen molar-refractivity contribution in [2.75, 3.05) is 18.5 Å². The van der Waals surface area contributed by atoms with Crippen LogP contribution in [-0.2, 0) is 16.0 Å². The van der Waals surface area contributed by atoms with E-state index < -0.39 is 12.0 Å². The highest BCUT2D eigenvalue weighted by Crippen LogP contribution is 2.22. The summed E-state index contributed by atoms with van der Waals surface area (Å²) in [5.74, 6) is -1.33. The fourth-order valence-corrected chi connectivity index (χ4v) is 3.28. The Bertz CT molecular complexity index is 833. The summed E-state index contributed by atoms with van der Waals surface area (Å²) in [6, 6.07) is 15.0. The van der Waals surface area contributed by atoms with Gasteiger partial charge in [-0.15, -0.1) is 0 Å². The molecule has 1 atom stereocenters. The Hall–Kier alpha value is -3.15. The Kier molecular flexibility index (Phi) is 5.54. The van der Waals surface area contributed by atoms with Gasteiger partial charge in [-0.1, -0.05) is 30.3 Å². The standard InChI is InChI=1S/C21H22N2O4/c1-22(18(21(26)27)14-15-6-3-2-4-7-15)20(25)16-9-11-17(12-10-16)23-13-5-8-19(23)24/h2-4,6-7,9-12,18H,5,8,13-14H2,1H3,(H,26,27). The van der Waals surface area contributed by atoms with Crippen LogP contribution in [0.5, 0.6) is 0 Å². The lowest BCUT2D eigenvalue weighted by Gasteiger charge is -2.25. The Morgan fingerprint density at radius 2 is 1.78 bits per heavy atom. The number of rotatable bonds is 6. The van der Waals surface area contributed by atoms with E-state index in [1.54, 1.807) is 29.2 Å². The maximum Gasteiger partial charge on any atom is 0.326 e. The maximum absolute atomic E-state index is 12.8. The average molecular weight is 366 g/mol. The van der Waals surface area contributed by atoms with Gasteiger partial charge in [0.2, 0.25) is 5.91 Å². The van der Waals surface area contributed by atoms with Gasteiger partial charge < -0.3 is 14.9 Å². The molecule has 0 radical (unpaired) electrons. The van der Waals surface area contributed by atoms with Crippen LogP contribution in [0.1, 0.15) is 28.8 Å². The van der Waals surface area contributed by atoms with Crippen molar-refractivity contribution in [3.05, 3.63) is 65.7 Å². The normalized spacial score (nSPS) is 14.9. The van der Waals surface area contributed by atoms with Crippen molar-refractivity contribution in [2.24, 2.45) is 0 Å². The quantitative estimate of drug-likeness (QED) is 0.852. The molecule has 6 nitrogen and oxygen atoms in total. The zero-order valence-electron chi connectivity index (χ0n) is 15.2. The van der Waals surface area contributed by atoms with Gasteiger partial charge in [0.25, 0.3) is 5.91 Å². The predicted molar refractivity (Wildman–Crippen MR) is 102 cm³/mol. The lowest BCUT2D eigenvalue weighted by Crippen LogP contribution is -2.43. The van der Waals surface area contributed by atoms with Crippen LogP contribution in [-0.4, -0.2) is 47.4 Å². The van der Waals surface area contributed by atoms with E-state index in [0.717, 1.165) is 17.7 Å². The van der Waals surface area contributed by atoms with Crippen molar-refractivity contribution in [1.82, 2.24) is 4.90 Å². The predicted octanol–water partition coefficient (Wildman–Crippen LogP) is 2.58. The summed E-state index contributed by atoms with van der Waals surface area (Å²) in [5.41, 5.74) is 2.01. The van der Waals surface area contributed by atoms with Crippen molar-refractivity contribution in [1.29, 1.82) is 0 Å². The summed E-state index contributed by atoms with van der Waals surface area (Å²) in [6.45, 7) is 0.685. The highest BCUT2D eigenvalue weighted by molar-refractivity contribution is 5.98. The summed E-state index contributed by atoms with van der Waals surface area (Å²) >= 11 is 0. The maximum atomic E-state index is 12.8. The molecular formula is C21H22N2O4. The van der Waals surface area contributed by atoms with Gasteiger partial charge in [0.05, 0.1) is 0 Å². The third-order valence-corrected chi connectivity index (χ3v) is 4.84. The number of anilines is 1. The molecule has 1 fully saturated rings. The first kappa shape index (κ1) is 18.6. The van der Waals surface area contributed by atoms with E-state index in [9.17, 15) is 19.5 Å². The van der Waals surface area contributed by atoms with Gasteiger partial charge in [-0.05, 0) is 36.2 Å². The molecule has 6 heteroatoms. The zero-order chi connectivity index (χ0) is 19.4. The van der Waals surface area contributed by atoms with E-state index in [2.05, 4.69) is 0 Å². The molecule has 2 amide bonds. The molecule has 1 N–H and O–H groups in total. The Balaban J connectivity index is 1.74. The SMILES string of the molecule is CN(C(=O)c1ccc(N2CCCC2=O)cc1)C(Cc1ccccc1)C(=O)O. The summed E-state index contributed by atoms with van der Waals surface area (Å²) < 4.78 is 0. The molecule has 1 heterocycles. The molecule has 1 saturated heterocycles. The Morgan fingerprint density at radius 3 is 2.33 bits per heavy atom. The lowest BCUT2D eigenvalue weighted by molar-refractivity contribution is -0.141. The molecule has 0 saturated carbocycles. The van der Waals surface area contributed by atoms with Gasteiger partial charge in [-0.3, -0.25) is 9.59 Å². The minimum Gasteiger partial charge on any atom is -0.480 e. The van der Waals surface area contributed by atoms with Gasteiger partial charge in [-0.2, -0.15) is 0 Å². The number of benzene rings is 2. The first-order chi connectivity index (χ1) is 13.0. The molecule has 0 bridgehead atoms. The number of amides is 2. The summed E-state index contributed by atoms with van der Waals surface area (Å²) in [4.78, 5) is 39.2. The van der Waals surface area contributed by atoms with Gasteiger partial charge in [-0.25, -0.2) is 4.79 Å². The van der Waals surface area contributed by atoms with E-state index in [4.69, 9.17) is 0 Å². The fourth-order valence-electron chi connectivity index (χ4n) is 3.28. The average Bonchev–Trinajstić information content (AvgIpc) is 3.11. The number of likely N-dealkylation sites (N-methyl/N-ethyl adjacent to an activating group) is 1. The van der Waals surface area contributed by atoms with Crippen molar-refractivity contribution in [3.8, 4) is 0 Å². The highest BCUT2D eigenvalue weighted by Gasteiger charge is 2.28. The highest BCUT2D eigenvalue weighted by atomic mass is 16.4. The second-order valence-corrected chi connectivity index (χ2v) is 6.66. The lowest BCUT2D eigenvalue weighted by atomic mass is 10.0. The Labute approximate surface area is 158 Å². The van der Waals surface area contributed by atoms with Crippen LogP contribution >= 0.6 is 0 Å². The summed E-state index contributed by atoms with van der Waals surface area (Å²) in [5, 5.41) is 9.58. The van der Waals surface area contributed by atoms with Crippen LogP contribution < -0.4 is 4.90 Å². The van der Waals surface area contributed by atoms with Crippen molar-refractivity contribution >= 4 is 23.5 Å². The molecule has 1 aliphatic heterocycles. The molecule has 27 heavy (non-hydrogen) atoms. The fraction of sp³-hybridized carbons (Fsp3) is 0.286. The largest absolute Gasteiger partial charge is 0.480 e. The van der Waals surface area contributed by atoms with Crippen LogP contribution in [0.25, 0.3) is 0 Å². The van der Waals surface area contributed by atoms with Gasteiger partial charge in [0, 0.05) is 37.7 Å². The van der Waals surface area contributed by atoms with Gasteiger partial charge >= 0.3 is 5.97 Å². The van der Waals surface area contributed by atoms with Crippen molar-refractivity contribution in [3.63, 3.8) is 0 Å². The van der Waals surface area contributed by atoms with Crippen LogP contribution in [0.2, 0.25) is 0 Å². The smallest absolute Gasteiger partial charge is 0.326 e. The number of nitrogens with zero attached hydrogens (tertiary/aromatic N) is 2. The number of hydrogen-bond donors (Lipinski definition) is 1. The number of carboxylic acid groups (broad SMARTS) is 1. The van der Waals surface area contributed by atoms with E-state index in [1.807, 2.05) is 30.3 Å². The molecule has 0 aliphatic carbocycles. The van der Waals surface area contributed by atoms with E-state index in [1.165, 1.54) is 11.9 Å². The Morgan fingerprint density at radius 1 is 1.11 bits per heavy atom. The molecule has 140 valence electrons. The van der Waals surface area contributed by atoms with Crippen LogP contribution in [0.3, 0.4) is 0 Å². The van der Waals surface area contributed by atoms with Gasteiger partial charge in [0.15, 0.2) is 0 Å². The third kappa shape index (κ3) is 4.16. The summed E-state index contributed by atoms with van der Waals surface area (Å²) in [6.07, 6.45) is 1.62. The van der Waals surface area contributed by atoms with E-state index >= 15 is 0 Å². The van der Waals surface area contributed by atoms with E-state index in [-0.39, 0.29) is 18.2 Å². The van der Waals surface area contributed by atoms with Crippen LogP contribution in [0.15, 0.2) is 54.6 Å². The number of aliphatic carboxylic acids is 1. The molecule has 0 aromatic heterocycles. The van der Waals surface area contributed by atoms with Crippen molar-refractivity contribution in [2.45, 2.75) is 25.3 Å². The first-order valence-corrected chi connectivity index (χ1v) is 8.91. The zero-order valence-corrected chi connectivity index (χ0v) is 15.2. The number of carboxylic acids is 1. The molecule has 3 rings (SSSR count). The molecule has 0 spiro atoms. The number of carbonyl (C=O) groups is 3. The molecular weight excluding hydrogens is 344 g/mol. The third-order valence-electron chi connectivity index (χ3n) is 4.84.